The molecule has 0 spiro atoms. The predicted molar refractivity (Wildman–Crippen MR) is 96.6 cm³/mol. The van der Waals surface area contributed by atoms with Gasteiger partial charge in [-0.1, -0.05) is 51.1 Å². The smallest absolute Gasteiger partial charge is 0.251 e. The van der Waals surface area contributed by atoms with Crippen molar-refractivity contribution in [2.45, 2.75) is 32.6 Å². The number of nitrogens with one attached hydrogen (secondary N) is 1. The van der Waals surface area contributed by atoms with Crippen LogP contribution in [0.25, 0.3) is 0 Å². The normalized spacial score (nSPS) is 16.9. The lowest BCUT2D eigenvalue weighted by atomic mass is 9.86. The van der Waals surface area contributed by atoms with Crippen molar-refractivity contribution in [2.75, 3.05) is 13.2 Å². The van der Waals surface area contributed by atoms with Crippen LogP contribution in [0.2, 0.25) is 0 Å². The van der Waals surface area contributed by atoms with Crippen LogP contribution in [0.5, 0.6) is 5.75 Å². The average Bonchev–Trinajstić information content (AvgIpc) is 2.59. The van der Waals surface area contributed by atoms with E-state index in [4.69, 9.17) is 4.74 Å². The second kappa shape index (κ2) is 6.68. The zero-order valence-corrected chi connectivity index (χ0v) is 14.6. The van der Waals surface area contributed by atoms with Crippen molar-refractivity contribution in [3.05, 3.63) is 65.2 Å². The maximum absolute atomic E-state index is 12.3. The van der Waals surface area contributed by atoms with E-state index in [9.17, 15) is 4.79 Å². The van der Waals surface area contributed by atoms with Gasteiger partial charge in [-0.25, -0.2) is 0 Å². The third kappa shape index (κ3) is 3.78. The molecule has 1 heterocycles. The minimum atomic E-state index is -0.0192. The van der Waals surface area contributed by atoms with Crippen molar-refractivity contribution < 1.29 is 9.53 Å². The lowest BCUT2D eigenvalue weighted by Gasteiger charge is -2.25. The topological polar surface area (TPSA) is 38.3 Å². The molecule has 3 nitrogen and oxygen atoms in total. The van der Waals surface area contributed by atoms with Gasteiger partial charge in [0.15, 0.2) is 0 Å². The van der Waals surface area contributed by atoms with Gasteiger partial charge in [-0.3, -0.25) is 4.79 Å². The fourth-order valence-electron chi connectivity index (χ4n) is 2.98. The van der Waals surface area contributed by atoms with Crippen LogP contribution < -0.4 is 10.1 Å². The Kier molecular flexibility index (Phi) is 4.61. The van der Waals surface area contributed by atoms with Crippen LogP contribution in [0.1, 0.15) is 42.3 Å². The highest BCUT2D eigenvalue weighted by molar-refractivity contribution is 5.94. The monoisotopic (exact) mass is 323 g/mol. The number of hydrogen-bond donors (Lipinski definition) is 1. The van der Waals surface area contributed by atoms with Gasteiger partial charge in [0.05, 0.1) is 6.61 Å². The predicted octanol–water partition coefficient (Wildman–Crippen LogP) is 3.97. The van der Waals surface area contributed by atoms with Gasteiger partial charge in [-0.15, -0.1) is 0 Å². The summed E-state index contributed by atoms with van der Waals surface area (Å²) in [5.74, 6) is 1.27. The van der Waals surface area contributed by atoms with E-state index < -0.39 is 0 Å². The largest absolute Gasteiger partial charge is 0.493 e. The fraction of sp³-hybridized carbons (Fsp3) is 0.381. The van der Waals surface area contributed by atoms with Crippen molar-refractivity contribution in [3.8, 4) is 5.75 Å². The first-order valence-corrected chi connectivity index (χ1v) is 8.53. The molecule has 1 atom stereocenters. The zero-order chi connectivity index (χ0) is 17.2. The maximum Gasteiger partial charge on any atom is 0.251 e. The van der Waals surface area contributed by atoms with Crippen LogP contribution in [-0.2, 0) is 11.8 Å². The Labute approximate surface area is 144 Å². The number of rotatable bonds is 3. The molecule has 0 saturated heterocycles. The molecular weight excluding hydrogens is 298 g/mol. The van der Waals surface area contributed by atoms with Gasteiger partial charge in [0.1, 0.15) is 5.75 Å². The second-order valence-electron chi connectivity index (χ2n) is 7.53. The first-order valence-electron chi connectivity index (χ1n) is 8.53. The van der Waals surface area contributed by atoms with Crippen LogP contribution >= 0.6 is 0 Å². The lowest BCUT2D eigenvalue weighted by molar-refractivity contribution is 0.0939. The lowest BCUT2D eigenvalue weighted by Crippen LogP contribution is -2.34. The van der Waals surface area contributed by atoms with Crippen LogP contribution in [0.15, 0.2) is 48.5 Å². The number of benzene rings is 2. The van der Waals surface area contributed by atoms with E-state index in [1.165, 1.54) is 11.1 Å². The molecule has 0 saturated carbocycles. The van der Waals surface area contributed by atoms with Crippen molar-refractivity contribution >= 4 is 5.91 Å². The second-order valence-corrected chi connectivity index (χ2v) is 7.53. The molecule has 0 aromatic heterocycles. The Morgan fingerprint density at radius 2 is 1.83 bits per heavy atom. The van der Waals surface area contributed by atoms with Crippen molar-refractivity contribution in [3.63, 3.8) is 0 Å². The Bertz CT molecular complexity index is 713. The Morgan fingerprint density at radius 3 is 2.54 bits per heavy atom. The molecule has 3 heteroatoms. The highest BCUT2D eigenvalue weighted by atomic mass is 16.5. The standard InChI is InChI=1S/C21H25NO2/c1-21(2,3)18-10-8-16(9-11-18)20(23)22-13-15-12-17-6-4-5-7-19(17)24-14-15/h4-11,15H,12-14H2,1-3H3,(H,22,23). The molecule has 0 aliphatic carbocycles. The summed E-state index contributed by atoms with van der Waals surface area (Å²) in [6.45, 7) is 7.80. The minimum absolute atomic E-state index is 0.0192. The summed E-state index contributed by atoms with van der Waals surface area (Å²) in [5, 5.41) is 3.04. The Morgan fingerprint density at radius 1 is 1.12 bits per heavy atom. The molecule has 1 N–H and O–H groups in total. The molecule has 126 valence electrons. The van der Waals surface area contributed by atoms with Crippen LogP contribution in [0.4, 0.5) is 0 Å². The van der Waals surface area contributed by atoms with Crippen LogP contribution in [-0.4, -0.2) is 19.1 Å². The summed E-state index contributed by atoms with van der Waals surface area (Å²) < 4.78 is 5.78. The number of amides is 1. The first-order chi connectivity index (χ1) is 11.4. The van der Waals surface area contributed by atoms with Gasteiger partial charge in [0, 0.05) is 18.0 Å². The third-order valence-electron chi connectivity index (χ3n) is 4.52. The van der Waals surface area contributed by atoms with Crippen molar-refractivity contribution in [1.82, 2.24) is 5.32 Å². The summed E-state index contributed by atoms with van der Waals surface area (Å²) in [6, 6.07) is 16.0. The van der Waals surface area contributed by atoms with E-state index in [1.54, 1.807) is 0 Å². The highest BCUT2D eigenvalue weighted by Crippen LogP contribution is 2.26. The average molecular weight is 323 g/mol. The van der Waals surface area contributed by atoms with Crippen LogP contribution in [0, 0.1) is 5.92 Å². The quantitative estimate of drug-likeness (QED) is 0.928. The van der Waals surface area contributed by atoms with E-state index in [0.29, 0.717) is 24.6 Å². The molecular formula is C21H25NO2. The zero-order valence-electron chi connectivity index (χ0n) is 14.6. The number of carbonyl (C=O) groups is 1. The number of carbonyl (C=O) groups excluding carboxylic acids is 1. The molecule has 1 amide bonds. The maximum atomic E-state index is 12.3. The molecule has 2 aromatic rings. The van der Waals surface area contributed by atoms with Crippen LogP contribution in [0.3, 0.4) is 0 Å². The van der Waals surface area contributed by atoms with E-state index in [-0.39, 0.29) is 11.3 Å². The van der Waals surface area contributed by atoms with Gasteiger partial charge >= 0.3 is 0 Å². The third-order valence-corrected chi connectivity index (χ3v) is 4.52. The van der Waals surface area contributed by atoms with E-state index in [2.05, 4.69) is 32.2 Å². The molecule has 1 aliphatic rings. The fourth-order valence-corrected chi connectivity index (χ4v) is 2.98. The summed E-state index contributed by atoms with van der Waals surface area (Å²) in [5.41, 5.74) is 3.26. The van der Waals surface area contributed by atoms with E-state index >= 15 is 0 Å². The Balaban J connectivity index is 1.56. The molecule has 0 fully saturated rings. The number of hydrogen-bond acceptors (Lipinski definition) is 2. The number of para-hydroxylation sites is 1. The minimum Gasteiger partial charge on any atom is -0.493 e. The first kappa shape index (κ1) is 16.6. The van der Waals surface area contributed by atoms with Gasteiger partial charge in [-0.05, 0) is 41.2 Å². The molecule has 0 bridgehead atoms. The SMILES string of the molecule is CC(C)(C)c1ccc(C(=O)NCC2COc3ccccc3C2)cc1. The van der Waals surface area contributed by atoms with Crippen molar-refractivity contribution in [1.29, 1.82) is 0 Å². The molecule has 1 aliphatic heterocycles. The molecule has 3 rings (SSSR count). The van der Waals surface area contributed by atoms with Gasteiger partial charge < -0.3 is 10.1 Å². The summed E-state index contributed by atoms with van der Waals surface area (Å²) >= 11 is 0. The molecule has 2 aromatic carbocycles. The summed E-state index contributed by atoms with van der Waals surface area (Å²) in [7, 11) is 0. The Hall–Kier alpha value is -2.29. The number of ether oxygens (including phenoxy) is 1. The van der Waals surface area contributed by atoms with E-state index in [0.717, 1.165) is 12.2 Å². The highest BCUT2D eigenvalue weighted by Gasteiger charge is 2.20. The van der Waals surface area contributed by atoms with Gasteiger partial charge in [-0.2, -0.15) is 0 Å². The van der Waals surface area contributed by atoms with Gasteiger partial charge in [0.25, 0.3) is 5.91 Å². The summed E-state index contributed by atoms with van der Waals surface area (Å²) in [4.78, 5) is 12.3. The van der Waals surface area contributed by atoms with Gasteiger partial charge in [0.2, 0.25) is 0 Å². The molecule has 0 radical (unpaired) electrons. The molecule has 1 unspecified atom stereocenters. The van der Waals surface area contributed by atoms with E-state index in [1.807, 2.05) is 42.5 Å². The molecule has 24 heavy (non-hydrogen) atoms. The summed E-state index contributed by atoms with van der Waals surface area (Å²) in [6.07, 6.45) is 0.944. The van der Waals surface area contributed by atoms with Crippen molar-refractivity contribution in [2.24, 2.45) is 5.92 Å². The number of fused-ring (bicyclic) bond motifs is 1.